The van der Waals surface area contributed by atoms with E-state index in [1.807, 2.05) is 0 Å². The summed E-state index contributed by atoms with van der Waals surface area (Å²) in [6.07, 6.45) is 10.3. The lowest BCUT2D eigenvalue weighted by Gasteiger charge is -1.97. The summed E-state index contributed by atoms with van der Waals surface area (Å²) in [5.41, 5.74) is 1.46. The van der Waals surface area contributed by atoms with E-state index in [-0.39, 0.29) is 0 Å². The highest BCUT2D eigenvalue weighted by Crippen LogP contribution is 2.07. The van der Waals surface area contributed by atoms with Crippen molar-refractivity contribution in [3.05, 3.63) is 23.8 Å². The van der Waals surface area contributed by atoms with E-state index in [2.05, 4.69) is 39.0 Å². The summed E-state index contributed by atoms with van der Waals surface area (Å²) < 4.78 is 0. The van der Waals surface area contributed by atoms with Crippen molar-refractivity contribution in [3.63, 3.8) is 0 Å². The Kier molecular flexibility index (Phi) is 6.25. The maximum Gasteiger partial charge on any atom is -0.0282 e. The molecule has 0 saturated heterocycles. The third-order valence-electron chi connectivity index (χ3n) is 1.57. The van der Waals surface area contributed by atoms with Crippen molar-refractivity contribution in [2.45, 2.75) is 40.0 Å². The van der Waals surface area contributed by atoms with E-state index in [1.54, 1.807) is 0 Å². The zero-order valence-electron chi connectivity index (χ0n) is 7.35. The Labute approximate surface area is 64.6 Å². The molecular formula is C10H18. The summed E-state index contributed by atoms with van der Waals surface area (Å²) in [5, 5.41) is 0. The Balaban J connectivity index is 3.62. The molecule has 0 amide bonds. The van der Waals surface area contributed by atoms with Crippen LogP contribution in [-0.2, 0) is 0 Å². The molecule has 0 heterocycles. The molecule has 0 aliphatic heterocycles. The highest BCUT2D eigenvalue weighted by atomic mass is 13.9. The largest absolute Gasteiger partial charge is 0.0874 e. The molecular weight excluding hydrogens is 120 g/mol. The normalized spacial score (nSPS) is 12.9. The third-order valence-corrected chi connectivity index (χ3v) is 1.57. The first kappa shape index (κ1) is 9.48. The average Bonchev–Trinajstić information content (AvgIpc) is 1.98. The second-order valence-corrected chi connectivity index (χ2v) is 2.47. The maximum absolute atomic E-state index is 2.23. The Hall–Kier alpha value is -0.520. The number of unbranched alkanes of at least 4 members (excludes halogenated alkanes) is 1. The lowest BCUT2D eigenvalue weighted by Crippen LogP contribution is -1.77. The van der Waals surface area contributed by atoms with Gasteiger partial charge in [0.05, 0.1) is 0 Å². The van der Waals surface area contributed by atoms with Gasteiger partial charge in [-0.25, -0.2) is 0 Å². The lowest BCUT2D eigenvalue weighted by molar-refractivity contribution is 0.797. The van der Waals surface area contributed by atoms with Crippen molar-refractivity contribution in [2.24, 2.45) is 0 Å². The molecule has 0 aromatic carbocycles. The van der Waals surface area contributed by atoms with Crippen LogP contribution in [0, 0.1) is 0 Å². The number of hydrogen-bond acceptors (Lipinski definition) is 0. The van der Waals surface area contributed by atoms with E-state index >= 15 is 0 Å². The fraction of sp³-hybridized carbons (Fsp3) is 0.600. The van der Waals surface area contributed by atoms with Gasteiger partial charge in [-0.3, -0.25) is 0 Å². The molecule has 0 saturated carbocycles. The number of allylic oxidation sites excluding steroid dienone is 4. The predicted molar refractivity (Wildman–Crippen MR) is 48.1 cm³/mol. The van der Waals surface area contributed by atoms with Gasteiger partial charge < -0.3 is 0 Å². The molecule has 10 heavy (non-hydrogen) atoms. The van der Waals surface area contributed by atoms with Gasteiger partial charge in [0.15, 0.2) is 0 Å². The first-order valence-electron chi connectivity index (χ1n) is 4.13. The van der Waals surface area contributed by atoms with Crippen LogP contribution in [0.25, 0.3) is 0 Å². The molecule has 0 radical (unpaired) electrons. The molecule has 0 aromatic rings. The SMILES string of the molecule is C/C=C/C(=C/C)CCCC. The van der Waals surface area contributed by atoms with E-state index in [4.69, 9.17) is 0 Å². The second kappa shape index (κ2) is 6.60. The average molecular weight is 138 g/mol. The number of rotatable bonds is 4. The van der Waals surface area contributed by atoms with Gasteiger partial charge >= 0.3 is 0 Å². The molecule has 0 bridgehead atoms. The molecule has 0 unspecified atom stereocenters. The third kappa shape index (κ3) is 4.37. The lowest BCUT2D eigenvalue weighted by atomic mass is 10.1. The van der Waals surface area contributed by atoms with Crippen LogP contribution in [0.5, 0.6) is 0 Å². The van der Waals surface area contributed by atoms with Crippen LogP contribution in [0.1, 0.15) is 40.0 Å². The molecule has 58 valence electrons. The van der Waals surface area contributed by atoms with E-state index in [9.17, 15) is 0 Å². The molecule has 0 spiro atoms. The second-order valence-electron chi connectivity index (χ2n) is 2.47. The molecule has 0 aromatic heterocycles. The van der Waals surface area contributed by atoms with Crippen LogP contribution in [0.3, 0.4) is 0 Å². The fourth-order valence-corrected chi connectivity index (χ4v) is 0.919. The summed E-state index contributed by atoms with van der Waals surface area (Å²) >= 11 is 0. The molecule has 0 rings (SSSR count). The quantitative estimate of drug-likeness (QED) is 0.520. The molecule has 0 nitrogen and oxygen atoms in total. The summed E-state index contributed by atoms with van der Waals surface area (Å²) in [6, 6.07) is 0. The Morgan fingerprint density at radius 2 is 2.00 bits per heavy atom. The fourth-order valence-electron chi connectivity index (χ4n) is 0.919. The van der Waals surface area contributed by atoms with Gasteiger partial charge in [0.25, 0.3) is 0 Å². The van der Waals surface area contributed by atoms with Crippen LogP contribution in [0.2, 0.25) is 0 Å². The molecule has 0 atom stereocenters. The van der Waals surface area contributed by atoms with Gasteiger partial charge in [0.2, 0.25) is 0 Å². The Morgan fingerprint density at radius 1 is 1.30 bits per heavy atom. The van der Waals surface area contributed by atoms with Gasteiger partial charge in [0, 0.05) is 0 Å². The topological polar surface area (TPSA) is 0 Å². The molecule has 0 fully saturated rings. The summed E-state index contributed by atoms with van der Waals surface area (Å²) in [5.74, 6) is 0. The molecule has 0 heteroatoms. The molecule has 0 aliphatic carbocycles. The van der Waals surface area contributed by atoms with Crippen LogP contribution in [-0.4, -0.2) is 0 Å². The van der Waals surface area contributed by atoms with Crippen molar-refractivity contribution in [2.75, 3.05) is 0 Å². The maximum atomic E-state index is 2.23. The van der Waals surface area contributed by atoms with Crippen LogP contribution in [0.15, 0.2) is 23.8 Å². The predicted octanol–water partition coefficient (Wildman–Crippen LogP) is 3.70. The highest BCUT2D eigenvalue weighted by Gasteiger charge is 1.87. The molecule has 0 aliphatic rings. The van der Waals surface area contributed by atoms with Gasteiger partial charge in [-0.1, -0.05) is 37.1 Å². The van der Waals surface area contributed by atoms with E-state index < -0.39 is 0 Å². The Morgan fingerprint density at radius 3 is 2.40 bits per heavy atom. The van der Waals surface area contributed by atoms with Crippen molar-refractivity contribution in [1.82, 2.24) is 0 Å². The van der Waals surface area contributed by atoms with Gasteiger partial charge in [-0.15, -0.1) is 0 Å². The standard InChI is InChI=1S/C10H18/c1-4-7-9-10(6-3)8-5-2/h5-6,8H,4,7,9H2,1-3H3/b8-5+,10-6-. The Bertz CT molecular complexity index is 118. The minimum Gasteiger partial charge on any atom is -0.0874 e. The summed E-state index contributed by atoms with van der Waals surface area (Å²) in [7, 11) is 0. The monoisotopic (exact) mass is 138 g/mol. The van der Waals surface area contributed by atoms with E-state index in [0.717, 1.165) is 0 Å². The smallest absolute Gasteiger partial charge is 0.0282 e. The summed E-state index contributed by atoms with van der Waals surface area (Å²) in [6.45, 7) is 6.39. The van der Waals surface area contributed by atoms with Crippen LogP contribution in [0.4, 0.5) is 0 Å². The van der Waals surface area contributed by atoms with Crippen molar-refractivity contribution >= 4 is 0 Å². The van der Waals surface area contributed by atoms with Gasteiger partial charge in [-0.05, 0) is 26.7 Å². The van der Waals surface area contributed by atoms with Crippen molar-refractivity contribution in [3.8, 4) is 0 Å². The minimum absolute atomic E-state index is 1.23. The van der Waals surface area contributed by atoms with E-state index in [1.165, 1.54) is 24.8 Å². The number of hydrogen-bond donors (Lipinski definition) is 0. The van der Waals surface area contributed by atoms with Crippen molar-refractivity contribution in [1.29, 1.82) is 0 Å². The van der Waals surface area contributed by atoms with Gasteiger partial charge in [-0.2, -0.15) is 0 Å². The summed E-state index contributed by atoms with van der Waals surface area (Å²) in [4.78, 5) is 0. The van der Waals surface area contributed by atoms with Gasteiger partial charge in [0.1, 0.15) is 0 Å². The highest BCUT2D eigenvalue weighted by molar-refractivity contribution is 5.16. The zero-order valence-corrected chi connectivity index (χ0v) is 7.35. The zero-order chi connectivity index (χ0) is 7.82. The van der Waals surface area contributed by atoms with E-state index in [0.29, 0.717) is 0 Å². The van der Waals surface area contributed by atoms with Crippen LogP contribution < -0.4 is 0 Å². The van der Waals surface area contributed by atoms with Crippen molar-refractivity contribution < 1.29 is 0 Å². The first-order chi connectivity index (χ1) is 4.85. The molecule has 0 N–H and O–H groups in total. The van der Waals surface area contributed by atoms with Crippen LogP contribution >= 0.6 is 0 Å². The first-order valence-corrected chi connectivity index (χ1v) is 4.13. The minimum atomic E-state index is 1.23.